The van der Waals surface area contributed by atoms with Crippen molar-refractivity contribution in [2.24, 2.45) is 0 Å². The van der Waals surface area contributed by atoms with Crippen LogP contribution in [0.5, 0.6) is 0 Å². The molecule has 120 valence electrons. The van der Waals surface area contributed by atoms with Crippen molar-refractivity contribution < 1.29 is 4.12 Å². The van der Waals surface area contributed by atoms with Crippen LogP contribution in [-0.4, -0.2) is 19.5 Å². The van der Waals surface area contributed by atoms with Gasteiger partial charge in [0.15, 0.2) is 0 Å². The highest BCUT2D eigenvalue weighted by Crippen LogP contribution is 2.20. The van der Waals surface area contributed by atoms with Crippen LogP contribution in [0.4, 0.5) is 0 Å². The van der Waals surface area contributed by atoms with Crippen LogP contribution in [0.15, 0.2) is 48.5 Å². The summed E-state index contributed by atoms with van der Waals surface area (Å²) in [5.41, 5.74) is 3.07. The molecule has 0 aliphatic carbocycles. The molecule has 0 bridgehead atoms. The molecule has 0 N–H and O–H groups in total. The highest BCUT2D eigenvalue weighted by molar-refractivity contribution is 6.60. The third-order valence-corrected chi connectivity index (χ3v) is 5.92. The first-order valence-electron chi connectivity index (χ1n) is 8.06. The Morgan fingerprint density at radius 2 is 0.957 bits per heavy atom. The highest BCUT2D eigenvalue weighted by Gasteiger charge is 2.20. The molecule has 0 aliphatic heterocycles. The van der Waals surface area contributed by atoms with Crippen LogP contribution in [0.25, 0.3) is 0 Å². The van der Waals surface area contributed by atoms with Crippen LogP contribution >= 0.6 is 0 Å². The lowest BCUT2D eigenvalue weighted by Crippen LogP contribution is -2.34. The fraction of sp³-hybridized carbons (Fsp3) is 0.400. The second-order valence-electron chi connectivity index (χ2n) is 7.90. The topological polar surface area (TPSA) is 9.23 Å². The zero-order chi connectivity index (χ0) is 17.1. The maximum Gasteiger partial charge on any atom is 0.257 e. The van der Waals surface area contributed by atoms with E-state index in [4.69, 9.17) is 4.12 Å². The fourth-order valence-corrected chi connectivity index (χ4v) is 5.14. The van der Waals surface area contributed by atoms with Crippen LogP contribution in [0, 0.1) is 0 Å². The van der Waals surface area contributed by atoms with E-state index in [-0.39, 0.29) is 10.8 Å². The molecule has 0 aromatic heterocycles. The summed E-state index contributed by atoms with van der Waals surface area (Å²) in [4.78, 5) is 0. The van der Waals surface area contributed by atoms with Gasteiger partial charge in [0.2, 0.25) is 0 Å². The van der Waals surface area contributed by atoms with Gasteiger partial charge >= 0.3 is 0 Å². The Kier molecular flexibility index (Phi) is 5.66. The van der Waals surface area contributed by atoms with Gasteiger partial charge in [0.05, 0.1) is 0 Å². The van der Waals surface area contributed by atoms with Gasteiger partial charge in [0, 0.05) is 0 Å². The SMILES string of the molecule is CC(C)(C)c1ccccc1[Si]O[Si]c1ccccc1C(C)(C)C. The van der Waals surface area contributed by atoms with Crippen LogP contribution in [0.1, 0.15) is 52.7 Å². The molecular formula is C20H26OSi2. The van der Waals surface area contributed by atoms with E-state index in [0.29, 0.717) is 19.5 Å². The highest BCUT2D eigenvalue weighted by atomic mass is 28.3. The molecule has 1 nitrogen and oxygen atoms in total. The molecule has 0 fully saturated rings. The predicted molar refractivity (Wildman–Crippen MR) is 102 cm³/mol. The lowest BCUT2D eigenvalue weighted by Gasteiger charge is -2.23. The van der Waals surface area contributed by atoms with Gasteiger partial charge in [-0.25, -0.2) is 0 Å². The normalized spacial score (nSPS) is 12.4. The minimum absolute atomic E-state index is 0.152. The van der Waals surface area contributed by atoms with Gasteiger partial charge in [0.1, 0.15) is 0 Å². The maximum atomic E-state index is 6.13. The summed E-state index contributed by atoms with van der Waals surface area (Å²) in [6, 6.07) is 17.3. The molecule has 23 heavy (non-hydrogen) atoms. The second kappa shape index (κ2) is 7.16. The Bertz CT molecular complexity index is 594. The van der Waals surface area contributed by atoms with Crippen molar-refractivity contribution in [3.63, 3.8) is 0 Å². The molecule has 0 amide bonds. The zero-order valence-corrected chi connectivity index (χ0v) is 17.0. The van der Waals surface area contributed by atoms with Gasteiger partial charge in [-0.15, -0.1) is 0 Å². The quantitative estimate of drug-likeness (QED) is 0.776. The van der Waals surface area contributed by atoms with E-state index in [1.165, 1.54) is 21.5 Å². The van der Waals surface area contributed by atoms with Crippen molar-refractivity contribution in [1.82, 2.24) is 0 Å². The number of hydrogen-bond acceptors (Lipinski definition) is 1. The molecular weight excluding hydrogens is 312 g/mol. The predicted octanol–water partition coefficient (Wildman–Crippen LogP) is 3.49. The van der Waals surface area contributed by atoms with E-state index in [0.717, 1.165) is 0 Å². The summed E-state index contributed by atoms with van der Waals surface area (Å²) in [7, 11) is 0.789. The van der Waals surface area contributed by atoms with Crippen molar-refractivity contribution in [2.45, 2.75) is 52.4 Å². The molecule has 0 saturated heterocycles. The third kappa shape index (κ3) is 4.90. The van der Waals surface area contributed by atoms with Crippen molar-refractivity contribution >= 4 is 29.9 Å². The van der Waals surface area contributed by atoms with Crippen LogP contribution in [0.3, 0.4) is 0 Å². The molecule has 0 atom stereocenters. The molecule has 2 aromatic rings. The Morgan fingerprint density at radius 3 is 1.30 bits per heavy atom. The summed E-state index contributed by atoms with van der Waals surface area (Å²) in [6.45, 7) is 13.5. The average molecular weight is 339 g/mol. The van der Waals surface area contributed by atoms with Gasteiger partial charge in [0.25, 0.3) is 19.5 Å². The molecule has 0 aliphatic rings. The van der Waals surface area contributed by atoms with Crippen LogP contribution < -0.4 is 10.4 Å². The minimum Gasteiger partial charge on any atom is -0.450 e. The smallest absolute Gasteiger partial charge is 0.257 e. The summed E-state index contributed by atoms with van der Waals surface area (Å²) >= 11 is 0. The van der Waals surface area contributed by atoms with Crippen LogP contribution in [-0.2, 0) is 14.9 Å². The number of hydrogen-bond donors (Lipinski definition) is 0. The molecule has 2 aromatic carbocycles. The molecule has 0 saturated carbocycles. The summed E-state index contributed by atoms with van der Waals surface area (Å²) in [5, 5.41) is 2.64. The van der Waals surface area contributed by atoms with Gasteiger partial charge < -0.3 is 4.12 Å². The lowest BCUT2D eigenvalue weighted by molar-refractivity contribution is 0.588. The van der Waals surface area contributed by atoms with Crippen molar-refractivity contribution in [1.29, 1.82) is 0 Å². The Balaban J connectivity index is 2.11. The Morgan fingerprint density at radius 1 is 0.609 bits per heavy atom. The molecule has 4 radical (unpaired) electrons. The Hall–Kier alpha value is -1.17. The Labute approximate surface area is 146 Å². The summed E-state index contributed by atoms with van der Waals surface area (Å²) in [5.74, 6) is 0. The first kappa shape index (κ1) is 18.2. The molecule has 3 heteroatoms. The van der Waals surface area contributed by atoms with Crippen molar-refractivity contribution in [3.05, 3.63) is 59.7 Å². The summed E-state index contributed by atoms with van der Waals surface area (Å²) in [6.07, 6.45) is 0. The van der Waals surface area contributed by atoms with E-state index >= 15 is 0 Å². The maximum absolute atomic E-state index is 6.13. The van der Waals surface area contributed by atoms with E-state index < -0.39 is 0 Å². The van der Waals surface area contributed by atoms with Gasteiger partial charge in [-0.05, 0) is 32.3 Å². The van der Waals surface area contributed by atoms with E-state index in [2.05, 4.69) is 90.1 Å². The second-order valence-corrected chi connectivity index (χ2v) is 10.2. The number of benzene rings is 2. The minimum atomic E-state index is 0.152. The van der Waals surface area contributed by atoms with E-state index in [1.54, 1.807) is 0 Å². The van der Waals surface area contributed by atoms with Crippen molar-refractivity contribution in [2.75, 3.05) is 0 Å². The van der Waals surface area contributed by atoms with Gasteiger partial charge in [-0.3, -0.25) is 0 Å². The molecule has 2 rings (SSSR count). The monoisotopic (exact) mass is 338 g/mol. The molecule has 0 unspecified atom stereocenters. The average Bonchev–Trinajstić information content (AvgIpc) is 2.46. The summed E-state index contributed by atoms with van der Waals surface area (Å²) < 4.78 is 6.13. The van der Waals surface area contributed by atoms with Crippen LogP contribution in [0.2, 0.25) is 0 Å². The third-order valence-electron chi connectivity index (χ3n) is 3.79. The molecule has 0 spiro atoms. The fourth-order valence-electron chi connectivity index (χ4n) is 2.59. The van der Waals surface area contributed by atoms with Gasteiger partial charge in [-0.1, -0.05) is 90.1 Å². The lowest BCUT2D eigenvalue weighted by atomic mass is 9.87. The van der Waals surface area contributed by atoms with Crippen molar-refractivity contribution in [3.8, 4) is 0 Å². The standard InChI is InChI=1S/C20H26OSi2/c1-19(2,3)15-11-7-9-13-17(15)22-21-23-18-14-10-8-12-16(18)20(4,5)6/h7-14H,1-6H3. The zero-order valence-electron chi connectivity index (χ0n) is 15.0. The molecule has 0 heterocycles. The number of rotatable bonds is 4. The van der Waals surface area contributed by atoms with E-state index in [9.17, 15) is 0 Å². The first-order valence-corrected chi connectivity index (χ1v) is 9.88. The van der Waals surface area contributed by atoms with E-state index in [1.807, 2.05) is 0 Å². The largest absolute Gasteiger partial charge is 0.450 e. The first-order chi connectivity index (χ1) is 10.7. The van der Waals surface area contributed by atoms with Gasteiger partial charge in [-0.2, -0.15) is 0 Å².